The number of urea groups is 1. The lowest BCUT2D eigenvalue weighted by Gasteiger charge is -2.31. The summed E-state index contributed by atoms with van der Waals surface area (Å²) in [5.74, 6) is 0.772. The quantitative estimate of drug-likeness (QED) is 0.497. The monoisotopic (exact) mass is 500 g/mol. The molecule has 194 valence electrons. The number of amides is 3. The number of anilines is 1. The fourth-order valence-electron chi connectivity index (χ4n) is 4.53. The van der Waals surface area contributed by atoms with Crippen LogP contribution < -0.4 is 10.2 Å². The van der Waals surface area contributed by atoms with Crippen LogP contribution in [0, 0.1) is 0 Å². The third kappa shape index (κ3) is 6.84. The molecule has 1 aromatic heterocycles. The van der Waals surface area contributed by atoms with Gasteiger partial charge in [-0.3, -0.25) is 4.79 Å². The molecular weight excluding hydrogens is 464 g/mol. The molecule has 2 aromatic carbocycles. The van der Waals surface area contributed by atoms with E-state index < -0.39 is 0 Å². The maximum Gasteiger partial charge on any atom is 0.318 e. The number of carbonyl (C=O) groups is 2. The summed E-state index contributed by atoms with van der Waals surface area (Å²) >= 11 is 0. The van der Waals surface area contributed by atoms with E-state index in [4.69, 9.17) is 0 Å². The van der Waals surface area contributed by atoms with Crippen molar-refractivity contribution in [3.8, 4) is 11.3 Å². The number of hydrogen-bond acceptors (Lipinski definition) is 5. The minimum absolute atomic E-state index is 0.0389. The van der Waals surface area contributed by atoms with Gasteiger partial charge in [0.2, 0.25) is 5.91 Å². The molecule has 1 fully saturated rings. The second kappa shape index (κ2) is 12.9. The van der Waals surface area contributed by atoms with Crippen molar-refractivity contribution in [1.82, 2.24) is 25.3 Å². The van der Waals surface area contributed by atoms with Crippen LogP contribution in [-0.2, 0) is 4.79 Å². The molecule has 8 heteroatoms. The summed E-state index contributed by atoms with van der Waals surface area (Å²) < 4.78 is 0. The molecule has 3 amide bonds. The van der Waals surface area contributed by atoms with Crippen molar-refractivity contribution in [2.45, 2.75) is 32.7 Å². The van der Waals surface area contributed by atoms with Crippen LogP contribution in [0.4, 0.5) is 10.6 Å². The second-order valence-corrected chi connectivity index (χ2v) is 9.31. The molecule has 37 heavy (non-hydrogen) atoms. The van der Waals surface area contributed by atoms with Gasteiger partial charge in [-0.25, -0.2) is 4.79 Å². The minimum atomic E-state index is -0.219. The molecule has 1 atom stereocenters. The zero-order valence-electron chi connectivity index (χ0n) is 21.7. The zero-order valence-corrected chi connectivity index (χ0v) is 21.7. The Kier molecular flexibility index (Phi) is 9.08. The number of benzene rings is 2. The Morgan fingerprint density at radius 3 is 2.32 bits per heavy atom. The third-order valence-corrected chi connectivity index (χ3v) is 6.73. The fraction of sp³-hybridized carbons (Fsp3) is 0.379. The Morgan fingerprint density at radius 1 is 0.919 bits per heavy atom. The molecule has 4 rings (SSSR count). The van der Waals surface area contributed by atoms with Gasteiger partial charge in [0, 0.05) is 38.3 Å². The van der Waals surface area contributed by atoms with Crippen molar-refractivity contribution in [3.05, 3.63) is 78.4 Å². The van der Waals surface area contributed by atoms with Gasteiger partial charge >= 0.3 is 6.03 Å². The summed E-state index contributed by atoms with van der Waals surface area (Å²) in [4.78, 5) is 32.0. The van der Waals surface area contributed by atoms with Crippen LogP contribution in [0.5, 0.6) is 0 Å². The van der Waals surface area contributed by atoms with Crippen LogP contribution in [0.2, 0.25) is 0 Å². The van der Waals surface area contributed by atoms with E-state index in [1.807, 2.05) is 91.5 Å². The lowest BCUT2D eigenvalue weighted by Crippen LogP contribution is -2.48. The first-order valence-corrected chi connectivity index (χ1v) is 13.1. The van der Waals surface area contributed by atoms with Crippen LogP contribution in [0.15, 0.2) is 72.8 Å². The molecule has 0 saturated carbocycles. The number of aromatic nitrogens is 2. The van der Waals surface area contributed by atoms with Gasteiger partial charge in [-0.05, 0) is 37.5 Å². The van der Waals surface area contributed by atoms with Crippen LogP contribution in [0.1, 0.15) is 38.3 Å². The van der Waals surface area contributed by atoms with E-state index in [9.17, 15) is 9.59 Å². The van der Waals surface area contributed by atoms with Gasteiger partial charge in [0.15, 0.2) is 5.82 Å². The van der Waals surface area contributed by atoms with Crippen LogP contribution in [-0.4, -0.2) is 71.2 Å². The van der Waals surface area contributed by atoms with Gasteiger partial charge in [0.1, 0.15) is 6.54 Å². The Hall–Kier alpha value is -3.94. The van der Waals surface area contributed by atoms with E-state index in [0.29, 0.717) is 26.2 Å². The maximum absolute atomic E-state index is 13.4. The Bertz CT molecular complexity index is 1140. The summed E-state index contributed by atoms with van der Waals surface area (Å²) in [7, 11) is 0. The van der Waals surface area contributed by atoms with Gasteiger partial charge in [-0.1, -0.05) is 67.6 Å². The molecule has 1 aliphatic rings. The highest BCUT2D eigenvalue weighted by Gasteiger charge is 2.27. The molecule has 0 bridgehead atoms. The minimum Gasteiger partial charge on any atom is -0.353 e. The first-order chi connectivity index (χ1) is 18.1. The molecule has 2 heterocycles. The lowest BCUT2D eigenvalue weighted by molar-refractivity contribution is -0.132. The van der Waals surface area contributed by atoms with Crippen LogP contribution in [0.3, 0.4) is 0 Å². The molecule has 3 aromatic rings. The third-order valence-electron chi connectivity index (χ3n) is 6.73. The van der Waals surface area contributed by atoms with Crippen molar-refractivity contribution in [2.75, 3.05) is 44.2 Å². The highest BCUT2D eigenvalue weighted by molar-refractivity contribution is 5.84. The largest absolute Gasteiger partial charge is 0.353 e. The van der Waals surface area contributed by atoms with Crippen molar-refractivity contribution in [1.29, 1.82) is 0 Å². The van der Waals surface area contributed by atoms with Gasteiger partial charge in [-0.15, -0.1) is 10.2 Å². The van der Waals surface area contributed by atoms with E-state index in [2.05, 4.69) is 20.4 Å². The van der Waals surface area contributed by atoms with Gasteiger partial charge < -0.3 is 20.0 Å². The van der Waals surface area contributed by atoms with E-state index in [1.165, 1.54) is 0 Å². The van der Waals surface area contributed by atoms with E-state index >= 15 is 0 Å². The van der Waals surface area contributed by atoms with E-state index in [0.717, 1.165) is 42.0 Å². The second-order valence-electron chi connectivity index (χ2n) is 9.31. The predicted octanol–water partition coefficient (Wildman–Crippen LogP) is 4.37. The molecule has 0 aliphatic carbocycles. The normalized spacial score (nSPS) is 14.5. The van der Waals surface area contributed by atoms with Crippen molar-refractivity contribution in [3.63, 3.8) is 0 Å². The van der Waals surface area contributed by atoms with Crippen molar-refractivity contribution >= 4 is 17.8 Å². The summed E-state index contributed by atoms with van der Waals surface area (Å²) in [5.41, 5.74) is 2.87. The number of nitrogens with one attached hydrogen (secondary N) is 1. The Morgan fingerprint density at radius 2 is 1.65 bits per heavy atom. The van der Waals surface area contributed by atoms with Crippen molar-refractivity contribution < 1.29 is 9.59 Å². The maximum atomic E-state index is 13.4. The smallest absolute Gasteiger partial charge is 0.318 e. The van der Waals surface area contributed by atoms with Gasteiger partial charge in [0.25, 0.3) is 0 Å². The fourth-order valence-corrected chi connectivity index (χ4v) is 4.53. The number of nitrogens with zero attached hydrogens (tertiary/aromatic N) is 5. The molecule has 0 spiro atoms. The average molecular weight is 501 g/mol. The van der Waals surface area contributed by atoms with E-state index in [1.54, 1.807) is 4.90 Å². The summed E-state index contributed by atoms with van der Waals surface area (Å²) in [6.07, 6.45) is 1.66. The lowest BCUT2D eigenvalue weighted by atomic mass is 10.1. The zero-order chi connectivity index (χ0) is 26.0. The van der Waals surface area contributed by atoms with Gasteiger partial charge in [0.05, 0.1) is 11.7 Å². The van der Waals surface area contributed by atoms with Crippen LogP contribution >= 0.6 is 0 Å². The molecule has 8 nitrogen and oxygen atoms in total. The topological polar surface area (TPSA) is 81.7 Å². The number of rotatable bonds is 8. The summed E-state index contributed by atoms with van der Waals surface area (Å²) in [6, 6.07) is 23.4. The summed E-state index contributed by atoms with van der Waals surface area (Å²) in [6.45, 7) is 7.28. The molecule has 1 unspecified atom stereocenters. The summed E-state index contributed by atoms with van der Waals surface area (Å²) in [5, 5.41) is 11.8. The first kappa shape index (κ1) is 26.1. The van der Waals surface area contributed by atoms with E-state index in [-0.39, 0.29) is 24.5 Å². The molecule has 1 saturated heterocycles. The molecule has 0 radical (unpaired) electrons. The van der Waals surface area contributed by atoms with Crippen molar-refractivity contribution in [2.24, 2.45) is 0 Å². The highest BCUT2D eigenvalue weighted by Crippen LogP contribution is 2.22. The molecule has 1 N–H and O–H groups in total. The van der Waals surface area contributed by atoms with Gasteiger partial charge in [-0.2, -0.15) is 0 Å². The molecule has 1 aliphatic heterocycles. The Labute approximate surface area is 219 Å². The Balaban J connectivity index is 1.39. The average Bonchev–Trinajstić information content (AvgIpc) is 3.22. The standard InChI is InChI=1S/C29H36N6O2/c1-3-17-30-29(37)35(23(2)24-11-6-4-7-12-24)22-28(36)34-19-10-18-33(20-21-34)27-16-15-26(31-32-27)25-13-8-5-9-14-25/h4-9,11-16,23H,3,10,17-22H2,1-2H3,(H,30,37). The molecular formula is C29H36N6O2. The van der Waals surface area contributed by atoms with Crippen LogP contribution in [0.25, 0.3) is 11.3 Å². The highest BCUT2D eigenvalue weighted by atomic mass is 16.2. The number of carbonyl (C=O) groups excluding carboxylic acids is 2. The first-order valence-electron chi connectivity index (χ1n) is 13.1. The predicted molar refractivity (Wildman–Crippen MR) is 146 cm³/mol. The number of hydrogen-bond donors (Lipinski definition) is 1. The SMILES string of the molecule is CCCNC(=O)N(CC(=O)N1CCCN(c2ccc(-c3ccccc3)nn2)CC1)C(C)c1ccccc1.